The van der Waals surface area contributed by atoms with E-state index < -0.39 is 58.4 Å². The molecule has 0 aromatic rings. The number of esters is 2. The monoisotopic (exact) mass is 859 g/mol. The summed E-state index contributed by atoms with van der Waals surface area (Å²) in [5, 5.41) is 18.3. The third-order valence-corrected chi connectivity index (χ3v) is 9.34. The molecule has 3 atom stereocenters. The molecule has 0 radical (unpaired) electrons. The number of ether oxygens (including phenoxy) is 2. The summed E-state index contributed by atoms with van der Waals surface area (Å²) in [7, 11) is -4.67. The summed E-state index contributed by atoms with van der Waals surface area (Å²) in [5.41, 5.74) is 0. The third-order valence-electron chi connectivity index (χ3n) is 8.39. The lowest BCUT2D eigenvalue weighted by Gasteiger charge is -2.20. The van der Waals surface area contributed by atoms with Crippen molar-refractivity contribution in [2.75, 3.05) is 26.4 Å². The zero-order valence-corrected chi connectivity index (χ0v) is 37.3. The van der Waals surface area contributed by atoms with Gasteiger partial charge in [0.1, 0.15) is 12.7 Å². The number of ketones is 1. The maximum Gasteiger partial charge on any atom is 0.472 e. The number of aliphatic hydroxyl groups excluding tert-OH is 2. The molecule has 0 fully saturated rings. The lowest BCUT2D eigenvalue weighted by molar-refractivity contribution is -0.161. The van der Waals surface area contributed by atoms with Crippen molar-refractivity contribution in [3.05, 3.63) is 109 Å². The Morgan fingerprint density at radius 3 is 1.62 bits per heavy atom. The molecule has 0 bridgehead atoms. The van der Waals surface area contributed by atoms with E-state index in [9.17, 15) is 28.9 Å². The van der Waals surface area contributed by atoms with Crippen LogP contribution < -0.4 is 0 Å². The number of rotatable bonds is 39. The number of aliphatic hydroxyl groups is 2. The van der Waals surface area contributed by atoms with Gasteiger partial charge in [-0.05, 0) is 83.1 Å². The lowest BCUT2D eigenvalue weighted by atomic mass is 10.1. The predicted molar refractivity (Wildman–Crippen MR) is 242 cm³/mol. The van der Waals surface area contributed by atoms with Crippen molar-refractivity contribution in [2.24, 2.45) is 0 Å². The molecule has 12 heteroatoms. The van der Waals surface area contributed by atoms with Crippen molar-refractivity contribution < 1.29 is 52.6 Å². The van der Waals surface area contributed by atoms with E-state index in [0.29, 0.717) is 32.1 Å². The molecule has 0 aliphatic heterocycles. The number of phosphoric ester groups is 1. The standard InChI is InChI=1S/C48H75O11P/c1-3-5-7-8-9-10-11-12-13-14-15-16-17-18-21-25-28-31-35-39-48(53)59-46(43-58-60(54,55)57-41-45(51)40-49)42-56-47(52)38-34-30-27-24-22-19-20-23-26-29-33-37-44(50)36-32-6-4-2/h9-10,12-13,15-16,18-21,24,26-29,31,33,37,45-46,49,51H,3-8,11,14,17,22-23,25,30,32,34-36,38-43H2,1-2H3,(H,54,55)/b10-9-,13-12-,16-15-,20-19-,21-18-,27-24-,29-26-,31-28-,37-33+/t45-,46+/m0/s1. The zero-order chi connectivity index (χ0) is 44.2. The second kappa shape index (κ2) is 42.0. The highest BCUT2D eigenvalue weighted by molar-refractivity contribution is 7.47. The summed E-state index contributed by atoms with van der Waals surface area (Å²) in [6.07, 6.45) is 49.1. The van der Waals surface area contributed by atoms with Gasteiger partial charge < -0.3 is 24.6 Å². The molecule has 0 amide bonds. The van der Waals surface area contributed by atoms with Crippen LogP contribution in [0.5, 0.6) is 0 Å². The van der Waals surface area contributed by atoms with Crippen molar-refractivity contribution in [2.45, 2.75) is 148 Å². The molecule has 0 aromatic heterocycles. The molecule has 11 nitrogen and oxygen atoms in total. The van der Waals surface area contributed by atoms with Gasteiger partial charge in [-0.1, -0.05) is 143 Å². The van der Waals surface area contributed by atoms with Gasteiger partial charge in [0, 0.05) is 19.3 Å². The van der Waals surface area contributed by atoms with Crippen LogP contribution in [0.15, 0.2) is 109 Å². The third kappa shape index (κ3) is 41.1. The first-order valence-electron chi connectivity index (χ1n) is 21.8. The number of unbranched alkanes of at least 4 members (excludes halogenated alkanes) is 6. The van der Waals surface area contributed by atoms with Gasteiger partial charge in [0.2, 0.25) is 0 Å². The molecule has 1 unspecified atom stereocenters. The SMILES string of the molecule is CCCCC/C=C\C/C=C\C/C=C\C/C=C\C/C=C\CCC(=O)O[C@H](COC(=O)CCC/C=C\C/C=C\C/C=C\C=C\C(=O)CCCCC)COP(=O)(O)OC[C@@H](O)CO. The Hall–Kier alpha value is -3.70. The zero-order valence-electron chi connectivity index (χ0n) is 36.4. The first-order chi connectivity index (χ1) is 29.1. The first-order valence-corrected chi connectivity index (χ1v) is 23.3. The van der Waals surface area contributed by atoms with Crippen LogP contribution in [-0.4, -0.2) is 71.5 Å². The molecule has 0 spiro atoms. The van der Waals surface area contributed by atoms with Crippen molar-refractivity contribution in [3.63, 3.8) is 0 Å². The van der Waals surface area contributed by atoms with E-state index in [1.807, 2.05) is 54.7 Å². The van der Waals surface area contributed by atoms with Crippen LogP contribution in [-0.2, 0) is 37.5 Å². The molecule has 0 heterocycles. The normalized spacial score (nSPS) is 14.8. The minimum atomic E-state index is -4.67. The largest absolute Gasteiger partial charge is 0.472 e. The molecule has 0 aromatic carbocycles. The molecular weight excluding hydrogens is 783 g/mol. The Morgan fingerprint density at radius 1 is 0.550 bits per heavy atom. The summed E-state index contributed by atoms with van der Waals surface area (Å²) in [6.45, 7) is 1.99. The highest BCUT2D eigenvalue weighted by atomic mass is 31.2. The van der Waals surface area contributed by atoms with E-state index in [2.05, 4.69) is 60.9 Å². The predicted octanol–water partition coefficient (Wildman–Crippen LogP) is 11.0. The number of hydrogen-bond donors (Lipinski definition) is 3. The van der Waals surface area contributed by atoms with E-state index >= 15 is 0 Å². The van der Waals surface area contributed by atoms with Gasteiger partial charge in [-0.2, -0.15) is 0 Å². The van der Waals surface area contributed by atoms with Crippen molar-refractivity contribution in [1.82, 2.24) is 0 Å². The van der Waals surface area contributed by atoms with Gasteiger partial charge in [-0.3, -0.25) is 23.4 Å². The second-order valence-corrected chi connectivity index (χ2v) is 15.5. The topological polar surface area (TPSA) is 166 Å². The average Bonchev–Trinajstić information content (AvgIpc) is 3.23. The second-order valence-electron chi connectivity index (χ2n) is 14.0. The number of carbonyl (C=O) groups excluding carboxylic acids is 3. The van der Waals surface area contributed by atoms with Crippen LogP contribution in [0.25, 0.3) is 0 Å². The Morgan fingerprint density at radius 2 is 1.05 bits per heavy atom. The maximum absolute atomic E-state index is 12.6. The summed E-state index contributed by atoms with van der Waals surface area (Å²) in [5.74, 6) is -0.980. The van der Waals surface area contributed by atoms with Gasteiger partial charge in [-0.25, -0.2) is 4.57 Å². The highest BCUT2D eigenvalue weighted by Crippen LogP contribution is 2.43. The lowest BCUT2D eigenvalue weighted by Crippen LogP contribution is -2.29. The van der Waals surface area contributed by atoms with Crippen molar-refractivity contribution >= 4 is 25.5 Å². The molecule has 0 rings (SSSR count). The Labute approximate surface area is 361 Å². The Kier molecular flexibility index (Phi) is 39.4. The number of phosphoric acid groups is 1. The summed E-state index contributed by atoms with van der Waals surface area (Å²) >= 11 is 0. The Bertz CT molecular complexity index is 1420. The quantitative estimate of drug-likeness (QED) is 0.0134. The van der Waals surface area contributed by atoms with E-state index in [1.54, 1.807) is 12.2 Å². The molecule has 338 valence electrons. The molecule has 0 aliphatic carbocycles. The van der Waals surface area contributed by atoms with Crippen LogP contribution in [0.1, 0.15) is 136 Å². The van der Waals surface area contributed by atoms with E-state index in [-0.39, 0.29) is 18.6 Å². The first kappa shape index (κ1) is 56.3. The molecule has 0 saturated heterocycles. The van der Waals surface area contributed by atoms with Crippen molar-refractivity contribution in [3.8, 4) is 0 Å². The molecular formula is C48H75O11P. The fourth-order valence-corrected chi connectivity index (χ4v) is 5.77. The molecule has 60 heavy (non-hydrogen) atoms. The smallest absolute Gasteiger partial charge is 0.462 e. The molecule has 3 N–H and O–H groups in total. The minimum Gasteiger partial charge on any atom is -0.462 e. The van der Waals surface area contributed by atoms with Crippen molar-refractivity contribution in [1.29, 1.82) is 0 Å². The van der Waals surface area contributed by atoms with Gasteiger partial charge in [0.05, 0.1) is 19.8 Å². The minimum absolute atomic E-state index is 0.0303. The maximum atomic E-state index is 12.6. The van der Waals surface area contributed by atoms with Crippen LogP contribution in [0.2, 0.25) is 0 Å². The van der Waals surface area contributed by atoms with E-state index in [4.69, 9.17) is 19.1 Å². The summed E-state index contributed by atoms with van der Waals surface area (Å²) < 4.78 is 32.5. The van der Waals surface area contributed by atoms with Gasteiger partial charge >= 0.3 is 19.8 Å². The van der Waals surface area contributed by atoms with Gasteiger partial charge in [0.15, 0.2) is 11.9 Å². The van der Waals surface area contributed by atoms with Crippen LogP contribution >= 0.6 is 7.82 Å². The number of hydrogen-bond acceptors (Lipinski definition) is 10. The van der Waals surface area contributed by atoms with Crippen LogP contribution in [0.4, 0.5) is 0 Å². The molecule has 0 saturated carbocycles. The van der Waals surface area contributed by atoms with Crippen LogP contribution in [0, 0.1) is 0 Å². The van der Waals surface area contributed by atoms with E-state index in [1.165, 1.54) is 19.3 Å². The Balaban J connectivity index is 4.58. The fourth-order valence-electron chi connectivity index (χ4n) is 4.98. The highest BCUT2D eigenvalue weighted by Gasteiger charge is 2.27. The fraction of sp³-hybridized carbons (Fsp3) is 0.562. The number of allylic oxidation sites excluding steroid dienone is 18. The molecule has 0 aliphatic rings. The van der Waals surface area contributed by atoms with Gasteiger partial charge in [-0.15, -0.1) is 0 Å². The van der Waals surface area contributed by atoms with Crippen LogP contribution in [0.3, 0.4) is 0 Å². The summed E-state index contributed by atoms with van der Waals surface area (Å²) in [4.78, 5) is 46.7. The van der Waals surface area contributed by atoms with E-state index in [0.717, 1.165) is 57.8 Å². The summed E-state index contributed by atoms with van der Waals surface area (Å²) in [6, 6.07) is 0. The number of carbonyl (C=O) groups is 3. The average molecular weight is 859 g/mol. The van der Waals surface area contributed by atoms with Gasteiger partial charge in [0.25, 0.3) is 0 Å².